The van der Waals surface area contributed by atoms with Crippen molar-refractivity contribution in [2.45, 2.75) is 6.42 Å². The van der Waals surface area contributed by atoms with E-state index in [4.69, 9.17) is 0 Å². The van der Waals surface area contributed by atoms with Crippen LogP contribution < -0.4 is 0 Å². The number of pyridine rings is 1. The lowest BCUT2D eigenvalue weighted by Crippen LogP contribution is -1.92. The fourth-order valence-corrected chi connectivity index (χ4v) is 1.74. The highest BCUT2D eigenvalue weighted by molar-refractivity contribution is 5.37. The molecule has 4 heteroatoms. The molecule has 0 fully saturated rings. The standard InChI is InChI=1S/C13H10FN3/c14-11-6-4-10(5-7-11)9-12-15-13-3-1-2-8-17(13)16-12/h1-8H,9H2. The van der Waals surface area contributed by atoms with Crippen LogP contribution in [0.4, 0.5) is 4.39 Å². The summed E-state index contributed by atoms with van der Waals surface area (Å²) >= 11 is 0. The van der Waals surface area contributed by atoms with Gasteiger partial charge >= 0.3 is 0 Å². The Morgan fingerprint density at radius 3 is 2.65 bits per heavy atom. The van der Waals surface area contributed by atoms with Crippen molar-refractivity contribution < 1.29 is 4.39 Å². The van der Waals surface area contributed by atoms with E-state index in [2.05, 4.69) is 10.1 Å². The summed E-state index contributed by atoms with van der Waals surface area (Å²) in [5, 5.41) is 4.34. The minimum absolute atomic E-state index is 0.225. The van der Waals surface area contributed by atoms with Crippen molar-refractivity contribution in [2.75, 3.05) is 0 Å². The lowest BCUT2D eigenvalue weighted by atomic mass is 10.1. The van der Waals surface area contributed by atoms with Gasteiger partial charge in [-0.2, -0.15) is 5.10 Å². The number of hydrogen-bond donors (Lipinski definition) is 0. The van der Waals surface area contributed by atoms with Crippen LogP contribution in [0.2, 0.25) is 0 Å². The van der Waals surface area contributed by atoms with E-state index in [0.29, 0.717) is 6.42 Å². The van der Waals surface area contributed by atoms with Gasteiger partial charge in [0, 0.05) is 12.6 Å². The third kappa shape index (κ3) is 2.01. The van der Waals surface area contributed by atoms with E-state index in [0.717, 1.165) is 17.0 Å². The van der Waals surface area contributed by atoms with Crippen molar-refractivity contribution in [3.63, 3.8) is 0 Å². The van der Waals surface area contributed by atoms with Gasteiger partial charge in [-0.1, -0.05) is 18.2 Å². The van der Waals surface area contributed by atoms with E-state index in [1.165, 1.54) is 12.1 Å². The Hall–Kier alpha value is -2.23. The minimum Gasteiger partial charge on any atom is -0.221 e. The second-order valence-electron chi connectivity index (χ2n) is 3.83. The summed E-state index contributed by atoms with van der Waals surface area (Å²) in [5.41, 5.74) is 1.83. The van der Waals surface area contributed by atoms with E-state index >= 15 is 0 Å². The molecule has 0 bridgehead atoms. The van der Waals surface area contributed by atoms with Crippen molar-refractivity contribution >= 4 is 5.65 Å². The van der Waals surface area contributed by atoms with Gasteiger partial charge in [0.15, 0.2) is 11.5 Å². The number of halogens is 1. The van der Waals surface area contributed by atoms with Gasteiger partial charge < -0.3 is 0 Å². The monoisotopic (exact) mass is 227 g/mol. The van der Waals surface area contributed by atoms with E-state index < -0.39 is 0 Å². The van der Waals surface area contributed by atoms with Crippen molar-refractivity contribution in [3.8, 4) is 0 Å². The zero-order chi connectivity index (χ0) is 11.7. The first-order chi connectivity index (χ1) is 8.31. The predicted molar refractivity (Wildman–Crippen MR) is 62.2 cm³/mol. The highest BCUT2D eigenvalue weighted by Gasteiger charge is 2.03. The second-order valence-corrected chi connectivity index (χ2v) is 3.83. The van der Waals surface area contributed by atoms with Gasteiger partial charge in [-0.25, -0.2) is 13.9 Å². The molecule has 3 nitrogen and oxygen atoms in total. The van der Waals surface area contributed by atoms with Crippen molar-refractivity contribution in [3.05, 3.63) is 65.9 Å². The highest BCUT2D eigenvalue weighted by atomic mass is 19.1. The molecular weight excluding hydrogens is 217 g/mol. The van der Waals surface area contributed by atoms with E-state index in [1.807, 2.05) is 24.4 Å². The predicted octanol–water partition coefficient (Wildman–Crippen LogP) is 2.46. The fraction of sp³-hybridized carbons (Fsp3) is 0.0769. The summed E-state index contributed by atoms with van der Waals surface area (Å²) in [6, 6.07) is 12.1. The summed E-state index contributed by atoms with van der Waals surface area (Å²) in [6.45, 7) is 0. The van der Waals surface area contributed by atoms with Crippen LogP contribution in [0.25, 0.3) is 5.65 Å². The first kappa shape index (κ1) is 9.96. The average molecular weight is 227 g/mol. The maximum Gasteiger partial charge on any atom is 0.156 e. The third-order valence-electron chi connectivity index (χ3n) is 2.56. The number of hydrogen-bond acceptors (Lipinski definition) is 2. The number of nitrogens with zero attached hydrogens (tertiary/aromatic N) is 3. The van der Waals surface area contributed by atoms with Gasteiger partial charge in [0.1, 0.15) is 5.82 Å². The number of benzene rings is 1. The molecule has 0 unspecified atom stereocenters. The SMILES string of the molecule is Fc1ccc(Cc2nc3ccccn3n2)cc1. The van der Waals surface area contributed by atoms with Crippen LogP contribution in [0.1, 0.15) is 11.4 Å². The molecular formula is C13H10FN3. The van der Waals surface area contributed by atoms with Crippen molar-refractivity contribution in [1.29, 1.82) is 0 Å². The van der Waals surface area contributed by atoms with E-state index in [9.17, 15) is 4.39 Å². The highest BCUT2D eigenvalue weighted by Crippen LogP contribution is 2.08. The van der Waals surface area contributed by atoms with E-state index in [-0.39, 0.29) is 5.82 Å². The molecule has 0 radical (unpaired) electrons. The Kier molecular flexibility index (Phi) is 2.33. The summed E-state index contributed by atoms with van der Waals surface area (Å²) < 4.78 is 14.5. The van der Waals surface area contributed by atoms with Gasteiger partial charge in [-0.3, -0.25) is 0 Å². The van der Waals surface area contributed by atoms with Crippen LogP contribution in [-0.4, -0.2) is 14.6 Å². The molecule has 0 aliphatic carbocycles. The Labute approximate surface area is 97.5 Å². The third-order valence-corrected chi connectivity index (χ3v) is 2.56. The van der Waals surface area contributed by atoms with Gasteiger partial charge in [-0.15, -0.1) is 0 Å². The van der Waals surface area contributed by atoms with Gasteiger partial charge in [0.05, 0.1) is 0 Å². The molecule has 0 aliphatic heterocycles. The molecule has 84 valence electrons. The number of fused-ring (bicyclic) bond motifs is 1. The van der Waals surface area contributed by atoms with Crippen LogP contribution in [0.3, 0.4) is 0 Å². The molecule has 0 spiro atoms. The Morgan fingerprint density at radius 1 is 1.06 bits per heavy atom. The zero-order valence-electron chi connectivity index (χ0n) is 9.05. The molecule has 0 N–H and O–H groups in total. The maximum atomic E-state index is 12.8. The second kappa shape index (κ2) is 3.97. The van der Waals surface area contributed by atoms with Crippen LogP contribution in [0.15, 0.2) is 48.7 Å². The normalized spacial score (nSPS) is 10.9. The van der Waals surface area contributed by atoms with Gasteiger partial charge in [-0.05, 0) is 29.8 Å². The molecule has 3 aromatic rings. The lowest BCUT2D eigenvalue weighted by Gasteiger charge is -1.95. The maximum absolute atomic E-state index is 12.8. The zero-order valence-corrected chi connectivity index (χ0v) is 9.05. The topological polar surface area (TPSA) is 30.2 Å². The van der Waals surface area contributed by atoms with Gasteiger partial charge in [0.25, 0.3) is 0 Å². The smallest absolute Gasteiger partial charge is 0.156 e. The molecule has 0 saturated carbocycles. The van der Waals surface area contributed by atoms with Crippen molar-refractivity contribution in [1.82, 2.24) is 14.6 Å². The quantitative estimate of drug-likeness (QED) is 0.673. The molecule has 0 atom stereocenters. The molecule has 0 saturated heterocycles. The Bertz CT molecular complexity index is 610. The van der Waals surface area contributed by atoms with Crippen LogP contribution in [0.5, 0.6) is 0 Å². The molecule has 0 amide bonds. The summed E-state index contributed by atoms with van der Waals surface area (Å²) in [4.78, 5) is 4.39. The lowest BCUT2D eigenvalue weighted by molar-refractivity contribution is 0.627. The first-order valence-corrected chi connectivity index (χ1v) is 5.36. The minimum atomic E-state index is -0.225. The molecule has 17 heavy (non-hydrogen) atoms. The van der Waals surface area contributed by atoms with Crippen LogP contribution in [0, 0.1) is 5.82 Å². The van der Waals surface area contributed by atoms with Crippen LogP contribution >= 0.6 is 0 Å². The largest absolute Gasteiger partial charge is 0.221 e. The first-order valence-electron chi connectivity index (χ1n) is 5.36. The van der Waals surface area contributed by atoms with E-state index in [1.54, 1.807) is 16.6 Å². The van der Waals surface area contributed by atoms with Crippen molar-refractivity contribution in [2.24, 2.45) is 0 Å². The Balaban J connectivity index is 1.92. The van der Waals surface area contributed by atoms with Gasteiger partial charge in [0.2, 0.25) is 0 Å². The fourth-order valence-electron chi connectivity index (χ4n) is 1.74. The number of aromatic nitrogens is 3. The molecule has 0 aliphatic rings. The molecule has 1 aromatic carbocycles. The summed E-state index contributed by atoms with van der Waals surface area (Å²) in [6.07, 6.45) is 2.47. The molecule has 2 aromatic heterocycles. The average Bonchev–Trinajstić information content (AvgIpc) is 2.74. The molecule has 3 rings (SSSR count). The molecule has 2 heterocycles. The Morgan fingerprint density at radius 2 is 1.88 bits per heavy atom. The summed E-state index contributed by atoms with van der Waals surface area (Å²) in [5.74, 6) is 0.513. The van der Waals surface area contributed by atoms with Crippen LogP contribution in [-0.2, 0) is 6.42 Å². The number of rotatable bonds is 2. The summed E-state index contributed by atoms with van der Waals surface area (Å²) in [7, 11) is 0.